The molecule has 1 aliphatic rings. The van der Waals surface area contributed by atoms with Crippen molar-refractivity contribution in [1.29, 1.82) is 0 Å². The molecule has 1 aliphatic heterocycles. The lowest BCUT2D eigenvalue weighted by molar-refractivity contribution is 0.0675. The Hall–Kier alpha value is -2.64. The first-order valence-electron chi connectivity index (χ1n) is 9.27. The molecule has 3 heterocycles. The van der Waals surface area contributed by atoms with Crippen LogP contribution in [0.5, 0.6) is 0 Å². The summed E-state index contributed by atoms with van der Waals surface area (Å²) in [7, 11) is 3.54. The fourth-order valence-corrected chi connectivity index (χ4v) is 3.61. The van der Waals surface area contributed by atoms with Gasteiger partial charge >= 0.3 is 0 Å². The molecule has 8 heteroatoms. The van der Waals surface area contributed by atoms with E-state index in [1.54, 1.807) is 13.1 Å². The van der Waals surface area contributed by atoms with Crippen molar-refractivity contribution >= 4 is 40.0 Å². The molecular weight excluding hydrogens is 378 g/mol. The molecule has 4 rings (SSSR count). The normalized spacial score (nSPS) is 15.0. The van der Waals surface area contributed by atoms with Crippen LogP contribution in [-0.2, 0) is 4.74 Å². The van der Waals surface area contributed by atoms with Gasteiger partial charge in [-0.05, 0) is 49.2 Å². The largest absolute Gasteiger partial charge is 0.381 e. The molecule has 1 N–H and O–H groups in total. The molecule has 0 aliphatic carbocycles. The number of nitrogens with zero attached hydrogens (tertiary/aromatic N) is 4. The zero-order valence-electron chi connectivity index (χ0n) is 15.9. The highest BCUT2D eigenvalue weighted by Crippen LogP contribution is 2.33. The van der Waals surface area contributed by atoms with Crippen molar-refractivity contribution < 1.29 is 9.53 Å². The van der Waals surface area contributed by atoms with Crippen molar-refractivity contribution in [2.24, 2.45) is 0 Å². The average Bonchev–Trinajstić information content (AvgIpc) is 3.12. The highest BCUT2D eigenvalue weighted by atomic mass is 35.5. The summed E-state index contributed by atoms with van der Waals surface area (Å²) in [6.07, 6.45) is 1.80. The van der Waals surface area contributed by atoms with Gasteiger partial charge in [0.05, 0.1) is 11.6 Å². The van der Waals surface area contributed by atoms with E-state index >= 15 is 0 Å². The van der Waals surface area contributed by atoms with E-state index in [-0.39, 0.29) is 11.9 Å². The zero-order valence-corrected chi connectivity index (χ0v) is 16.6. The number of hydrogen-bond donors (Lipinski definition) is 1. The fourth-order valence-electron chi connectivity index (χ4n) is 3.48. The summed E-state index contributed by atoms with van der Waals surface area (Å²) in [6.45, 7) is 1.44. The Labute approximate surface area is 168 Å². The number of carbonyl (C=O) groups is 1. The predicted molar refractivity (Wildman–Crippen MR) is 110 cm³/mol. The van der Waals surface area contributed by atoms with Gasteiger partial charge in [-0.1, -0.05) is 11.6 Å². The molecule has 0 saturated carbocycles. The minimum atomic E-state index is -0.221. The third-order valence-corrected chi connectivity index (χ3v) is 5.32. The number of anilines is 2. The minimum absolute atomic E-state index is 0.221. The number of carbonyl (C=O) groups excluding carboxylic acids is 1. The average molecular weight is 400 g/mol. The molecule has 2 aromatic heterocycles. The Bertz CT molecular complexity index is 996. The lowest BCUT2D eigenvalue weighted by atomic mass is 10.1. The number of nitrogens with one attached hydrogen (secondary N) is 1. The molecule has 28 heavy (non-hydrogen) atoms. The third-order valence-electron chi connectivity index (χ3n) is 5.06. The summed E-state index contributed by atoms with van der Waals surface area (Å²) < 4.78 is 7.53. The first-order valence-corrected chi connectivity index (χ1v) is 9.64. The number of hydrogen-bond acceptors (Lipinski definition) is 5. The van der Waals surface area contributed by atoms with Crippen LogP contribution in [0.15, 0.2) is 36.4 Å². The first kappa shape index (κ1) is 18.7. The van der Waals surface area contributed by atoms with E-state index in [0.717, 1.165) is 37.3 Å². The van der Waals surface area contributed by atoms with E-state index in [9.17, 15) is 4.79 Å². The molecule has 1 aromatic carbocycles. The Kier molecular flexibility index (Phi) is 5.19. The smallest absolute Gasteiger partial charge is 0.269 e. The summed E-state index contributed by atoms with van der Waals surface area (Å²) >= 11 is 6.03. The molecule has 1 fully saturated rings. The Morgan fingerprint density at radius 1 is 1.21 bits per heavy atom. The molecule has 0 unspecified atom stereocenters. The molecular formula is C20H22ClN5O2. The second-order valence-electron chi connectivity index (χ2n) is 6.79. The zero-order chi connectivity index (χ0) is 19.7. The number of aromatic nitrogens is 3. The number of halogens is 1. The summed E-state index contributed by atoms with van der Waals surface area (Å²) in [5.74, 6) is 0.482. The molecule has 0 bridgehead atoms. The van der Waals surface area contributed by atoms with Gasteiger partial charge in [-0.3, -0.25) is 9.48 Å². The van der Waals surface area contributed by atoms with Gasteiger partial charge in [0.15, 0.2) is 5.82 Å². The molecule has 3 aromatic rings. The van der Waals surface area contributed by atoms with E-state index in [4.69, 9.17) is 21.4 Å². The van der Waals surface area contributed by atoms with Crippen LogP contribution < -0.4 is 10.2 Å². The van der Waals surface area contributed by atoms with Crippen molar-refractivity contribution in [3.8, 4) is 0 Å². The summed E-state index contributed by atoms with van der Waals surface area (Å²) in [4.78, 5) is 18.7. The highest BCUT2D eigenvalue weighted by Gasteiger charge is 2.24. The maximum atomic E-state index is 12.1. The monoisotopic (exact) mass is 399 g/mol. The van der Waals surface area contributed by atoms with E-state index in [0.29, 0.717) is 22.1 Å². The quantitative estimate of drug-likeness (QED) is 0.726. The van der Waals surface area contributed by atoms with Crippen LogP contribution in [-0.4, -0.2) is 48.0 Å². The number of ether oxygens (including phenoxy) is 1. The van der Waals surface area contributed by atoms with Gasteiger partial charge in [0, 0.05) is 38.0 Å². The lowest BCUT2D eigenvalue weighted by Gasteiger charge is -2.23. The molecule has 7 nitrogen and oxygen atoms in total. The van der Waals surface area contributed by atoms with Crippen LogP contribution >= 0.6 is 11.6 Å². The van der Waals surface area contributed by atoms with Crippen molar-refractivity contribution in [2.45, 2.75) is 18.9 Å². The van der Waals surface area contributed by atoms with Crippen molar-refractivity contribution in [2.75, 3.05) is 32.2 Å². The predicted octanol–water partition coefficient (Wildman–Crippen LogP) is 3.56. The van der Waals surface area contributed by atoms with Gasteiger partial charge in [-0.25, -0.2) is 4.98 Å². The maximum absolute atomic E-state index is 12.1. The van der Waals surface area contributed by atoms with E-state index in [1.165, 1.54) is 0 Å². The Balaban J connectivity index is 1.84. The van der Waals surface area contributed by atoms with Gasteiger partial charge in [0.25, 0.3) is 5.91 Å². The number of amides is 1. The molecule has 146 valence electrons. The molecule has 1 saturated heterocycles. The maximum Gasteiger partial charge on any atom is 0.269 e. The Morgan fingerprint density at radius 3 is 2.61 bits per heavy atom. The van der Waals surface area contributed by atoms with Crippen LogP contribution in [0.3, 0.4) is 0 Å². The van der Waals surface area contributed by atoms with E-state index in [1.807, 2.05) is 47.0 Å². The van der Waals surface area contributed by atoms with Crippen LogP contribution in [0.25, 0.3) is 11.0 Å². The third kappa shape index (κ3) is 3.43. The lowest BCUT2D eigenvalue weighted by Crippen LogP contribution is -2.21. The van der Waals surface area contributed by atoms with Crippen LogP contribution in [0, 0.1) is 0 Å². The van der Waals surface area contributed by atoms with E-state index < -0.39 is 0 Å². The summed E-state index contributed by atoms with van der Waals surface area (Å²) in [5.41, 5.74) is 2.92. The summed E-state index contributed by atoms with van der Waals surface area (Å²) in [6, 6.07) is 11.5. The summed E-state index contributed by atoms with van der Waals surface area (Å²) in [5, 5.41) is 8.20. The van der Waals surface area contributed by atoms with Crippen LogP contribution in [0.2, 0.25) is 5.02 Å². The van der Waals surface area contributed by atoms with Crippen molar-refractivity contribution in [1.82, 2.24) is 20.1 Å². The SMILES string of the molecule is CNC(=O)c1ccc2c(n1)c(N(C)c1ccc(Cl)cc1)nn2C1CCOCC1. The highest BCUT2D eigenvalue weighted by molar-refractivity contribution is 6.30. The number of fused-ring (bicyclic) bond motifs is 1. The molecule has 1 amide bonds. The van der Waals surface area contributed by atoms with Gasteiger partial charge < -0.3 is 15.0 Å². The fraction of sp³-hybridized carbons (Fsp3) is 0.350. The second-order valence-corrected chi connectivity index (χ2v) is 7.23. The van der Waals surface area contributed by atoms with Crippen LogP contribution in [0.1, 0.15) is 29.4 Å². The number of benzene rings is 1. The Morgan fingerprint density at radius 2 is 1.93 bits per heavy atom. The second kappa shape index (κ2) is 7.77. The molecule has 0 radical (unpaired) electrons. The first-order chi connectivity index (χ1) is 13.6. The molecule has 0 spiro atoms. The van der Waals surface area contributed by atoms with Gasteiger partial charge in [-0.2, -0.15) is 5.10 Å². The van der Waals surface area contributed by atoms with E-state index in [2.05, 4.69) is 10.3 Å². The molecule has 0 atom stereocenters. The standard InChI is InChI=1S/C20H22ClN5O2/c1-22-20(27)16-7-8-17-18(23-16)19(24-26(17)15-9-11-28-12-10-15)25(2)14-5-3-13(21)4-6-14/h3-8,15H,9-12H2,1-2H3,(H,22,27). The van der Waals surface area contributed by atoms with Gasteiger partial charge in [0.2, 0.25) is 0 Å². The van der Waals surface area contributed by atoms with Crippen molar-refractivity contribution in [3.05, 3.63) is 47.1 Å². The number of pyridine rings is 1. The van der Waals surface area contributed by atoms with Gasteiger partial charge in [0.1, 0.15) is 11.2 Å². The topological polar surface area (TPSA) is 72.3 Å². The number of rotatable bonds is 4. The minimum Gasteiger partial charge on any atom is -0.381 e. The van der Waals surface area contributed by atoms with Crippen molar-refractivity contribution in [3.63, 3.8) is 0 Å². The van der Waals surface area contributed by atoms with Gasteiger partial charge in [-0.15, -0.1) is 0 Å². The van der Waals surface area contributed by atoms with Crippen LogP contribution in [0.4, 0.5) is 11.5 Å².